The van der Waals surface area contributed by atoms with Crippen molar-refractivity contribution >= 4 is 11.9 Å². The van der Waals surface area contributed by atoms with Crippen LogP contribution in [0.3, 0.4) is 0 Å². The Morgan fingerprint density at radius 2 is 0.682 bits per heavy atom. The van der Waals surface area contributed by atoms with Crippen LogP contribution in [0.2, 0.25) is 0 Å². The molecule has 0 fully saturated rings. The van der Waals surface area contributed by atoms with Crippen LogP contribution in [-0.4, -0.2) is 23.1 Å². The summed E-state index contributed by atoms with van der Waals surface area (Å²) in [6, 6.07) is 0. The van der Waals surface area contributed by atoms with Gasteiger partial charge in [-0.3, -0.25) is 9.59 Å². The van der Waals surface area contributed by atoms with Crippen molar-refractivity contribution in [2.45, 2.75) is 245 Å². The SMILES string of the molecule is CCCCCCCCCCCCCCCCCCCCCCCC(=O)OC(CCCCCCC)CCCCCCCC(=O)O. The van der Waals surface area contributed by atoms with Gasteiger partial charge in [-0.15, -0.1) is 0 Å². The summed E-state index contributed by atoms with van der Waals surface area (Å²) in [6.45, 7) is 4.53. The Morgan fingerprint density at radius 1 is 0.409 bits per heavy atom. The fourth-order valence-electron chi connectivity index (χ4n) is 6.36. The third-order valence-electron chi connectivity index (χ3n) is 9.33. The van der Waals surface area contributed by atoms with E-state index in [1.807, 2.05) is 0 Å². The number of hydrogen-bond donors (Lipinski definition) is 1. The van der Waals surface area contributed by atoms with Gasteiger partial charge in [-0.1, -0.05) is 187 Å². The summed E-state index contributed by atoms with van der Waals surface area (Å²) < 4.78 is 5.94. The van der Waals surface area contributed by atoms with Crippen LogP contribution < -0.4 is 0 Å². The third-order valence-corrected chi connectivity index (χ3v) is 9.33. The van der Waals surface area contributed by atoms with Crippen molar-refractivity contribution in [1.29, 1.82) is 0 Å². The van der Waals surface area contributed by atoms with Crippen LogP contribution in [-0.2, 0) is 14.3 Å². The van der Waals surface area contributed by atoms with E-state index in [-0.39, 0.29) is 18.5 Å². The maximum absolute atomic E-state index is 12.5. The molecule has 0 aliphatic heterocycles. The minimum atomic E-state index is -0.699. The van der Waals surface area contributed by atoms with Crippen LogP contribution in [0, 0.1) is 0 Å². The topological polar surface area (TPSA) is 63.6 Å². The van der Waals surface area contributed by atoms with Crippen molar-refractivity contribution in [1.82, 2.24) is 0 Å². The Balaban J connectivity index is 3.66. The summed E-state index contributed by atoms with van der Waals surface area (Å²) in [5, 5.41) is 8.77. The van der Waals surface area contributed by atoms with Crippen LogP contribution in [0.4, 0.5) is 0 Å². The lowest BCUT2D eigenvalue weighted by Crippen LogP contribution is -2.18. The predicted octanol–water partition coefficient (Wildman–Crippen LogP) is 13.7. The van der Waals surface area contributed by atoms with Gasteiger partial charge in [-0.2, -0.15) is 0 Å². The fraction of sp³-hybridized carbons (Fsp3) is 0.950. The molecule has 0 spiro atoms. The van der Waals surface area contributed by atoms with Crippen LogP contribution >= 0.6 is 0 Å². The zero-order valence-electron chi connectivity index (χ0n) is 30.0. The Bertz CT molecular complexity index is 590. The number of rotatable bonds is 37. The summed E-state index contributed by atoms with van der Waals surface area (Å²) in [5.74, 6) is -0.696. The molecule has 0 saturated carbocycles. The van der Waals surface area contributed by atoms with E-state index in [1.165, 1.54) is 148 Å². The van der Waals surface area contributed by atoms with E-state index in [0.717, 1.165) is 64.2 Å². The van der Waals surface area contributed by atoms with E-state index in [4.69, 9.17) is 9.84 Å². The number of carbonyl (C=O) groups excluding carboxylic acids is 1. The van der Waals surface area contributed by atoms with Crippen LogP contribution in [0.15, 0.2) is 0 Å². The minimum Gasteiger partial charge on any atom is -0.481 e. The number of esters is 1. The smallest absolute Gasteiger partial charge is 0.306 e. The first-order valence-electron chi connectivity index (χ1n) is 20.0. The second-order valence-corrected chi connectivity index (χ2v) is 13.8. The van der Waals surface area contributed by atoms with Gasteiger partial charge in [0.15, 0.2) is 0 Å². The van der Waals surface area contributed by atoms with Crippen molar-refractivity contribution in [3.8, 4) is 0 Å². The zero-order chi connectivity index (χ0) is 32.2. The van der Waals surface area contributed by atoms with E-state index in [2.05, 4.69) is 13.8 Å². The number of carboxylic acids is 1. The monoisotopic (exact) mass is 623 g/mol. The molecule has 0 aromatic rings. The highest BCUT2D eigenvalue weighted by atomic mass is 16.5. The fourth-order valence-corrected chi connectivity index (χ4v) is 6.36. The zero-order valence-corrected chi connectivity index (χ0v) is 30.0. The molecule has 0 aliphatic carbocycles. The van der Waals surface area contributed by atoms with Gasteiger partial charge in [0, 0.05) is 12.8 Å². The van der Waals surface area contributed by atoms with Crippen molar-refractivity contribution in [2.24, 2.45) is 0 Å². The van der Waals surface area contributed by atoms with Gasteiger partial charge in [0.05, 0.1) is 0 Å². The number of ether oxygens (including phenoxy) is 1. The van der Waals surface area contributed by atoms with Crippen molar-refractivity contribution in [3.63, 3.8) is 0 Å². The van der Waals surface area contributed by atoms with E-state index in [0.29, 0.717) is 6.42 Å². The molecular formula is C40H78O4. The van der Waals surface area contributed by atoms with Gasteiger partial charge in [0.25, 0.3) is 0 Å². The maximum Gasteiger partial charge on any atom is 0.306 e. The molecule has 0 radical (unpaired) electrons. The second-order valence-electron chi connectivity index (χ2n) is 13.8. The van der Waals surface area contributed by atoms with Gasteiger partial charge in [-0.05, 0) is 38.5 Å². The van der Waals surface area contributed by atoms with Gasteiger partial charge in [-0.25, -0.2) is 0 Å². The molecule has 0 saturated heterocycles. The summed E-state index contributed by atoms with van der Waals surface area (Å²) in [7, 11) is 0. The molecule has 0 aromatic heterocycles. The Morgan fingerprint density at radius 3 is 1.00 bits per heavy atom. The quantitative estimate of drug-likeness (QED) is 0.0553. The molecule has 1 atom stereocenters. The lowest BCUT2D eigenvalue weighted by atomic mass is 10.0. The van der Waals surface area contributed by atoms with E-state index >= 15 is 0 Å². The summed E-state index contributed by atoms with van der Waals surface area (Å²) in [4.78, 5) is 23.2. The maximum atomic E-state index is 12.5. The molecule has 1 N–H and O–H groups in total. The van der Waals surface area contributed by atoms with Gasteiger partial charge in [0.1, 0.15) is 6.10 Å². The molecule has 0 aliphatic rings. The second kappa shape index (κ2) is 36.4. The molecule has 0 heterocycles. The van der Waals surface area contributed by atoms with E-state index < -0.39 is 5.97 Å². The molecule has 0 aromatic carbocycles. The number of carboxylic acid groups (broad SMARTS) is 1. The molecule has 0 rings (SSSR count). The van der Waals surface area contributed by atoms with Gasteiger partial charge < -0.3 is 9.84 Å². The molecule has 0 amide bonds. The van der Waals surface area contributed by atoms with Gasteiger partial charge >= 0.3 is 11.9 Å². The standard InChI is InChI=1S/C40H78O4/c1-3-5-7-9-10-11-12-13-14-15-16-17-18-19-20-21-22-23-24-29-33-37-40(43)44-38(34-30-26-8-6-4-2)35-31-27-25-28-32-36-39(41)42/h38H,3-37H2,1-2H3,(H,41,42). The highest BCUT2D eigenvalue weighted by Gasteiger charge is 2.14. The molecule has 1 unspecified atom stereocenters. The number of aliphatic carboxylic acids is 1. The van der Waals surface area contributed by atoms with Gasteiger partial charge in [0.2, 0.25) is 0 Å². The molecular weight excluding hydrogens is 544 g/mol. The number of unbranched alkanes of at least 4 members (excludes halogenated alkanes) is 28. The highest BCUT2D eigenvalue weighted by Crippen LogP contribution is 2.19. The highest BCUT2D eigenvalue weighted by molar-refractivity contribution is 5.69. The average Bonchev–Trinajstić information content (AvgIpc) is 3.00. The molecule has 44 heavy (non-hydrogen) atoms. The predicted molar refractivity (Wildman–Crippen MR) is 190 cm³/mol. The first kappa shape index (κ1) is 42.9. The molecule has 4 heteroatoms. The average molecular weight is 623 g/mol. The molecule has 4 nitrogen and oxygen atoms in total. The lowest BCUT2D eigenvalue weighted by molar-refractivity contribution is -0.150. The Kier molecular flexibility index (Phi) is 35.5. The van der Waals surface area contributed by atoms with Crippen LogP contribution in [0.25, 0.3) is 0 Å². The summed E-state index contributed by atoms with van der Waals surface area (Å²) >= 11 is 0. The van der Waals surface area contributed by atoms with Crippen molar-refractivity contribution in [2.75, 3.05) is 0 Å². The normalized spacial score (nSPS) is 12.0. The largest absolute Gasteiger partial charge is 0.481 e. The third kappa shape index (κ3) is 35.4. The van der Waals surface area contributed by atoms with Crippen molar-refractivity contribution < 1.29 is 19.4 Å². The molecule has 262 valence electrons. The first-order chi connectivity index (χ1) is 21.6. The Labute approximate surface area is 275 Å². The first-order valence-corrected chi connectivity index (χ1v) is 20.0. The minimum absolute atomic E-state index is 0.00261. The summed E-state index contributed by atoms with van der Waals surface area (Å²) in [5.41, 5.74) is 0. The van der Waals surface area contributed by atoms with Crippen molar-refractivity contribution in [3.05, 3.63) is 0 Å². The summed E-state index contributed by atoms with van der Waals surface area (Å²) in [6.07, 6.45) is 42.9. The Hall–Kier alpha value is -1.06. The van der Waals surface area contributed by atoms with E-state index in [1.54, 1.807) is 0 Å². The molecule has 0 bridgehead atoms. The van der Waals surface area contributed by atoms with E-state index in [9.17, 15) is 9.59 Å². The number of hydrogen-bond acceptors (Lipinski definition) is 3. The number of carbonyl (C=O) groups is 2. The van der Waals surface area contributed by atoms with Crippen LogP contribution in [0.1, 0.15) is 239 Å². The lowest BCUT2D eigenvalue weighted by Gasteiger charge is -2.18. The van der Waals surface area contributed by atoms with Crippen LogP contribution in [0.5, 0.6) is 0 Å².